The van der Waals surface area contributed by atoms with Gasteiger partial charge < -0.3 is 4.90 Å². The maximum atomic E-state index is 5.69. The topological polar surface area (TPSA) is 29.0 Å². The second-order valence-corrected chi connectivity index (χ2v) is 3.82. The largest absolute Gasteiger partial charge is 0.340 e. The molecule has 0 atom stereocenters. The summed E-state index contributed by atoms with van der Waals surface area (Å²) in [6.45, 7) is 4.38. The zero-order chi connectivity index (χ0) is 9.26. The summed E-state index contributed by atoms with van der Waals surface area (Å²) in [6, 6.07) is 0. The molecule has 0 amide bonds. The van der Waals surface area contributed by atoms with Crippen molar-refractivity contribution >= 4 is 17.5 Å². The SMILES string of the molecule is CCC1CN(c2ncc(Cl)cn2)C1. The van der Waals surface area contributed by atoms with Crippen LogP contribution >= 0.6 is 11.6 Å². The summed E-state index contributed by atoms with van der Waals surface area (Å²) < 4.78 is 0. The first-order chi connectivity index (χ1) is 6.29. The monoisotopic (exact) mass is 197 g/mol. The minimum Gasteiger partial charge on any atom is -0.340 e. The summed E-state index contributed by atoms with van der Waals surface area (Å²) in [6.07, 6.45) is 4.52. The summed E-state index contributed by atoms with van der Waals surface area (Å²) in [7, 11) is 0. The third kappa shape index (κ3) is 1.75. The molecule has 0 saturated carbocycles. The molecule has 2 rings (SSSR count). The Kier molecular flexibility index (Phi) is 2.36. The molecule has 1 saturated heterocycles. The molecule has 1 fully saturated rings. The molecular weight excluding hydrogens is 186 g/mol. The van der Waals surface area contributed by atoms with E-state index in [1.165, 1.54) is 6.42 Å². The predicted molar refractivity (Wildman–Crippen MR) is 53.0 cm³/mol. The first kappa shape index (κ1) is 8.75. The Labute approximate surface area is 82.8 Å². The molecule has 0 bridgehead atoms. The average Bonchev–Trinajstić information content (AvgIpc) is 2.06. The van der Waals surface area contributed by atoms with Gasteiger partial charge in [0.25, 0.3) is 0 Å². The highest BCUT2D eigenvalue weighted by Gasteiger charge is 2.26. The van der Waals surface area contributed by atoms with Gasteiger partial charge in [0.15, 0.2) is 0 Å². The van der Waals surface area contributed by atoms with Crippen molar-refractivity contribution in [1.29, 1.82) is 0 Å². The third-order valence-corrected chi connectivity index (χ3v) is 2.62. The maximum Gasteiger partial charge on any atom is 0.225 e. The van der Waals surface area contributed by atoms with Crippen LogP contribution in [-0.4, -0.2) is 23.1 Å². The normalized spacial score (nSPS) is 17.2. The number of hydrogen-bond acceptors (Lipinski definition) is 3. The highest BCUT2D eigenvalue weighted by molar-refractivity contribution is 6.30. The lowest BCUT2D eigenvalue weighted by atomic mass is 9.98. The third-order valence-electron chi connectivity index (χ3n) is 2.42. The highest BCUT2D eigenvalue weighted by atomic mass is 35.5. The molecular formula is C9H12ClN3. The van der Waals surface area contributed by atoms with Gasteiger partial charge in [0.1, 0.15) is 0 Å². The van der Waals surface area contributed by atoms with Crippen LogP contribution in [0.5, 0.6) is 0 Å². The van der Waals surface area contributed by atoms with Crippen LogP contribution in [0.15, 0.2) is 12.4 Å². The van der Waals surface area contributed by atoms with E-state index in [4.69, 9.17) is 11.6 Å². The van der Waals surface area contributed by atoms with E-state index in [0.29, 0.717) is 5.02 Å². The molecule has 13 heavy (non-hydrogen) atoms. The van der Waals surface area contributed by atoms with Crippen molar-refractivity contribution in [3.05, 3.63) is 17.4 Å². The van der Waals surface area contributed by atoms with E-state index in [1.54, 1.807) is 12.4 Å². The quantitative estimate of drug-likeness (QED) is 0.726. The fourth-order valence-corrected chi connectivity index (χ4v) is 1.56. The maximum absolute atomic E-state index is 5.69. The smallest absolute Gasteiger partial charge is 0.225 e. The second-order valence-electron chi connectivity index (χ2n) is 3.38. The number of anilines is 1. The molecule has 3 nitrogen and oxygen atoms in total. The van der Waals surface area contributed by atoms with Gasteiger partial charge in [0, 0.05) is 13.1 Å². The van der Waals surface area contributed by atoms with E-state index in [1.807, 2.05) is 0 Å². The summed E-state index contributed by atoms with van der Waals surface area (Å²) in [5.74, 6) is 1.62. The minimum absolute atomic E-state index is 0.594. The molecule has 2 heterocycles. The lowest BCUT2D eigenvalue weighted by molar-refractivity contribution is 0.392. The Morgan fingerprint density at radius 1 is 1.46 bits per heavy atom. The van der Waals surface area contributed by atoms with E-state index in [9.17, 15) is 0 Å². The predicted octanol–water partition coefficient (Wildman–Crippen LogP) is 1.98. The molecule has 1 aliphatic heterocycles. The molecule has 0 N–H and O–H groups in total. The van der Waals surface area contributed by atoms with Gasteiger partial charge in [-0.3, -0.25) is 0 Å². The summed E-state index contributed by atoms with van der Waals surface area (Å²) in [4.78, 5) is 10.5. The highest BCUT2D eigenvalue weighted by Crippen LogP contribution is 2.23. The zero-order valence-corrected chi connectivity index (χ0v) is 8.33. The molecule has 0 radical (unpaired) electrons. The van der Waals surface area contributed by atoms with Crippen molar-refractivity contribution in [1.82, 2.24) is 9.97 Å². The molecule has 0 aromatic carbocycles. The van der Waals surface area contributed by atoms with Gasteiger partial charge in [-0.15, -0.1) is 0 Å². The summed E-state index contributed by atoms with van der Waals surface area (Å²) >= 11 is 5.69. The molecule has 1 aromatic heterocycles. The van der Waals surface area contributed by atoms with Crippen molar-refractivity contribution in [2.75, 3.05) is 18.0 Å². The molecule has 0 unspecified atom stereocenters. The summed E-state index contributed by atoms with van der Waals surface area (Å²) in [5.41, 5.74) is 0. The Bertz CT molecular complexity index is 279. The van der Waals surface area contributed by atoms with E-state index >= 15 is 0 Å². The van der Waals surface area contributed by atoms with Gasteiger partial charge in [-0.05, 0) is 12.3 Å². The Morgan fingerprint density at radius 3 is 2.62 bits per heavy atom. The number of aromatic nitrogens is 2. The van der Waals surface area contributed by atoms with E-state index < -0.39 is 0 Å². The van der Waals surface area contributed by atoms with Gasteiger partial charge >= 0.3 is 0 Å². The number of halogens is 1. The van der Waals surface area contributed by atoms with Gasteiger partial charge in [0.05, 0.1) is 17.4 Å². The van der Waals surface area contributed by atoms with Crippen molar-refractivity contribution in [3.8, 4) is 0 Å². The number of hydrogen-bond donors (Lipinski definition) is 0. The van der Waals surface area contributed by atoms with Crippen LogP contribution in [0.25, 0.3) is 0 Å². The van der Waals surface area contributed by atoms with Crippen LogP contribution in [0.2, 0.25) is 5.02 Å². The molecule has 0 spiro atoms. The standard InChI is InChI=1S/C9H12ClN3/c1-2-7-5-13(6-7)9-11-3-8(10)4-12-9/h3-4,7H,2,5-6H2,1H3. The van der Waals surface area contributed by atoms with Gasteiger partial charge in [-0.1, -0.05) is 18.5 Å². The Hall–Kier alpha value is -0.830. The van der Waals surface area contributed by atoms with Crippen molar-refractivity contribution in [2.24, 2.45) is 5.92 Å². The van der Waals surface area contributed by atoms with Crippen LogP contribution in [-0.2, 0) is 0 Å². The van der Waals surface area contributed by atoms with Crippen LogP contribution in [0.1, 0.15) is 13.3 Å². The van der Waals surface area contributed by atoms with Crippen molar-refractivity contribution in [2.45, 2.75) is 13.3 Å². The van der Waals surface area contributed by atoms with Crippen molar-refractivity contribution in [3.63, 3.8) is 0 Å². The molecule has 70 valence electrons. The molecule has 1 aromatic rings. The lowest BCUT2D eigenvalue weighted by Gasteiger charge is -2.38. The van der Waals surface area contributed by atoms with Crippen LogP contribution in [0, 0.1) is 5.92 Å². The van der Waals surface area contributed by atoms with Gasteiger partial charge in [-0.2, -0.15) is 0 Å². The zero-order valence-electron chi connectivity index (χ0n) is 7.57. The van der Waals surface area contributed by atoms with Gasteiger partial charge in [-0.25, -0.2) is 9.97 Å². The second kappa shape index (κ2) is 3.50. The number of nitrogens with zero attached hydrogens (tertiary/aromatic N) is 3. The molecule has 1 aliphatic rings. The first-order valence-corrected chi connectivity index (χ1v) is 4.90. The van der Waals surface area contributed by atoms with E-state index in [0.717, 1.165) is 25.0 Å². The van der Waals surface area contributed by atoms with E-state index in [-0.39, 0.29) is 0 Å². The first-order valence-electron chi connectivity index (χ1n) is 4.52. The average molecular weight is 198 g/mol. The Morgan fingerprint density at radius 2 is 2.08 bits per heavy atom. The minimum atomic E-state index is 0.594. The lowest BCUT2D eigenvalue weighted by Crippen LogP contribution is -2.47. The number of rotatable bonds is 2. The van der Waals surface area contributed by atoms with E-state index in [2.05, 4.69) is 21.8 Å². The van der Waals surface area contributed by atoms with Crippen LogP contribution in [0.3, 0.4) is 0 Å². The fraction of sp³-hybridized carbons (Fsp3) is 0.556. The molecule has 4 heteroatoms. The summed E-state index contributed by atoms with van der Waals surface area (Å²) in [5, 5.41) is 0.594. The van der Waals surface area contributed by atoms with Gasteiger partial charge in [0.2, 0.25) is 5.95 Å². The molecule has 0 aliphatic carbocycles. The van der Waals surface area contributed by atoms with Crippen LogP contribution in [0.4, 0.5) is 5.95 Å². The van der Waals surface area contributed by atoms with Crippen LogP contribution < -0.4 is 4.90 Å². The fourth-order valence-electron chi connectivity index (χ4n) is 1.46. The van der Waals surface area contributed by atoms with Crippen molar-refractivity contribution < 1.29 is 0 Å². The Balaban J connectivity index is 1.99.